The molecule has 0 aromatic heterocycles. The second kappa shape index (κ2) is 5.36. The van der Waals surface area contributed by atoms with Crippen LogP contribution in [-0.4, -0.2) is 63.8 Å². The first-order chi connectivity index (χ1) is 8.99. The first-order valence-electron chi connectivity index (χ1n) is 6.90. The minimum Gasteiger partial charge on any atom is -0.480 e. The summed E-state index contributed by atoms with van der Waals surface area (Å²) in [4.78, 5) is 27.0. The summed E-state index contributed by atoms with van der Waals surface area (Å²) >= 11 is 0. The predicted octanol–water partition coefficient (Wildman–Crippen LogP) is 0.750. The summed E-state index contributed by atoms with van der Waals surface area (Å²) in [6.45, 7) is 3.52. The predicted molar refractivity (Wildman–Crippen MR) is 68.8 cm³/mol. The average molecular weight is 270 g/mol. The molecule has 2 aliphatic rings. The van der Waals surface area contributed by atoms with Gasteiger partial charge < -0.3 is 20.0 Å². The summed E-state index contributed by atoms with van der Waals surface area (Å²) in [6, 6.07) is -0.168. The van der Waals surface area contributed by atoms with Crippen molar-refractivity contribution >= 4 is 12.0 Å². The van der Waals surface area contributed by atoms with Crippen LogP contribution in [0.3, 0.4) is 0 Å². The highest BCUT2D eigenvalue weighted by Crippen LogP contribution is 2.31. The molecule has 1 unspecified atom stereocenters. The highest BCUT2D eigenvalue weighted by Gasteiger charge is 2.47. The fourth-order valence-electron chi connectivity index (χ4n) is 2.97. The Morgan fingerprint density at radius 1 is 1.26 bits per heavy atom. The first-order valence-corrected chi connectivity index (χ1v) is 6.90. The molecule has 6 nitrogen and oxygen atoms in total. The molecule has 2 fully saturated rings. The molecule has 2 heterocycles. The number of rotatable bonds is 2. The number of aliphatic hydroxyl groups is 1. The van der Waals surface area contributed by atoms with E-state index in [1.54, 1.807) is 11.8 Å². The number of amides is 2. The second-order valence-electron chi connectivity index (χ2n) is 5.73. The van der Waals surface area contributed by atoms with Crippen LogP contribution in [0.15, 0.2) is 0 Å². The molecule has 0 aliphatic carbocycles. The SMILES string of the molecule is CC1(C(=O)O)CCCN1C(=O)N1CCC(CO)CC1. The molecule has 6 heteroatoms. The number of carboxylic acid groups (broad SMARTS) is 1. The molecule has 0 aromatic rings. The van der Waals surface area contributed by atoms with Gasteiger partial charge in [0.1, 0.15) is 5.54 Å². The third kappa shape index (κ3) is 2.54. The molecule has 0 aromatic carbocycles. The minimum atomic E-state index is -1.06. The van der Waals surface area contributed by atoms with Crippen molar-refractivity contribution in [1.82, 2.24) is 9.80 Å². The Balaban J connectivity index is 2.02. The monoisotopic (exact) mass is 270 g/mol. The van der Waals surface area contributed by atoms with Gasteiger partial charge in [-0.05, 0) is 38.5 Å². The fourth-order valence-corrected chi connectivity index (χ4v) is 2.97. The molecule has 2 N–H and O–H groups in total. The maximum absolute atomic E-state index is 12.4. The number of aliphatic carboxylic acids is 1. The standard InChI is InChI=1S/C13H22N2O4/c1-13(11(17)18)5-2-6-15(13)12(19)14-7-3-10(9-16)4-8-14/h10,16H,2-9H2,1H3,(H,17,18). The van der Waals surface area contributed by atoms with Gasteiger partial charge in [-0.3, -0.25) is 0 Å². The number of hydrogen-bond donors (Lipinski definition) is 2. The molecule has 0 spiro atoms. The third-order valence-electron chi connectivity index (χ3n) is 4.48. The Morgan fingerprint density at radius 2 is 1.89 bits per heavy atom. The molecule has 2 saturated heterocycles. The summed E-state index contributed by atoms with van der Waals surface area (Å²) in [5.74, 6) is -0.655. The second-order valence-corrected chi connectivity index (χ2v) is 5.73. The maximum atomic E-state index is 12.4. The van der Waals surface area contributed by atoms with Gasteiger partial charge in [-0.15, -0.1) is 0 Å². The fraction of sp³-hybridized carbons (Fsp3) is 0.846. The summed E-state index contributed by atoms with van der Waals surface area (Å²) in [5, 5.41) is 18.4. The number of urea groups is 1. The molecule has 1 atom stereocenters. The summed E-state index contributed by atoms with van der Waals surface area (Å²) < 4.78 is 0. The van der Waals surface area contributed by atoms with Crippen LogP contribution in [0, 0.1) is 5.92 Å². The minimum absolute atomic E-state index is 0.165. The van der Waals surface area contributed by atoms with Crippen molar-refractivity contribution in [1.29, 1.82) is 0 Å². The molecular weight excluding hydrogens is 248 g/mol. The van der Waals surface area contributed by atoms with E-state index in [9.17, 15) is 14.7 Å². The van der Waals surface area contributed by atoms with Gasteiger partial charge in [0.05, 0.1) is 0 Å². The molecule has 0 saturated carbocycles. The number of aliphatic hydroxyl groups excluding tert-OH is 1. The van der Waals surface area contributed by atoms with E-state index < -0.39 is 11.5 Å². The lowest BCUT2D eigenvalue weighted by Gasteiger charge is -2.38. The van der Waals surface area contributed by atoms with Crippen LogP contribution < -0.4 is 0 Å². The van der Waals surface area contributed by atoms with E-state index in [0.29, 0.717) is 26.1 Å². The number of carboxylic acids is 1. The Labute approximate surface area is 113 Å². The summed E-state index contributed by atoms with van der Waals surface area (Å²) in [6.07, 6.45) is 2.84. The van der Waals surface area contributed by atoms with E-state index >= 15 is 0 Å². The molecule has 2 rings (SSSR count). The number of nitrogens with zero attached hydrogens (tertiary/aromatic N) is 2. The number of carbonyl (C=O) groups excluding carboxylic acids is 1. The van der Waals surface area contributed by atoms with Crippen LogP contribution in [0.1, 0.15) is 32.6 Å². The van der Waals surface area contributed by atoms with Crippen LogP contribution in [0.4, 0.5) is 4.79 Å². The molecule has 2 amide bonds. The van der Waals surface area contributed by atoms with Gasteiger partial charge in [0.15, 0.2) is 0 Å². The van der Waals surface area contributed by atoms with Gasteiger partial charge in [-0.2, -0.15) is 0 Å². The van der Waals surface area contributed by atoms with E-state index in [0.717, 1.165) is 19.3 Å². The van der Waals surface area contributed by atoms with Crippen molar-refractivity contribution in [2.75, 3.05) is 26.2 Å². The molecule has 0 radical (unpaired) electrons. The number of piperidine rings is 1. The largest absolute Gasteiger partial charge is 0.480 e. The summed E-state index contributed by atoms with van der Waals surface area (Å²) in [7, 11) is 0. The van der Waals surface area contributed by atoms with E-state index in [1.807, 2.05) is 0 Å². The lowest BCUT2D eigenvalue weighted by Crippen LogP contribution is -2.56. The Morgan fingerprint density at radius 3 is 2.42 bits per heavy atom. The normalized spacial score (nSPS) is 28.7. The highest BCUT2D eigenvalue weighted by atomic mass is 16.4. The van der Waals surface area contributed by atoms with Crippen molar-refractivity contribution in [2.45, 2.75) is 38.1 Å². The third-order valence-corrected chi connectivity index (χ3v) is 4.48. The first kappa shape index (κ1) is 14.1. The topological polar surface area (TPSA) is 81.1 Å². The van der Waals surface area contributed by atoms with Crippen molar-refractivity contribution in [3.05, 3.63) is 0 Å². The summed E-state index contributed by atoms with van der Waals surface area (Å²) in [5.41, 5.74) is -1.06. The lowest BCUT2D eigenvalue weighted by atomic mass is 9.97. The van der Waals surface area contributed by atoms with Gasteiger partial charge in [-0.1, -0.05) is 0 Å². The van der Waals surface area contributed by atoms with Gasteiger partial charge in [0, 0.05) is 26.2 Å². The van der Waals surface area contributed by atoms with E-state index in [1.165, 1.54) is 4.90 Å². The van der Waals surface area contributed by atoms with Crippen molar-refractivity contribution in [3.63, 3.8) is 0 Å². The number of likely N-dealkylation sites (tertiary alicyclic amines) is 2. The van der Waals surface area contributed by atoms with E-state index in [4.69, 9.17) is 5.11 Å². The van der Waals surface area contributed by atoms with Crippen LogP contribution >= 0.6 is 0 Å². The van der Waals surface area contributed by atoms with Crippen LogP contribution in [-0.2, 0) is 4.79 Å². The van der Waals surface area contributed by atoms with Crippen molar-refractivity contribution < 1.29 is 19.8 Å². The zero-order chi connectivity index (χ0) is 14.0. The Bertz CT molecular complexity index is 366. The quantitative estimate of drug-likeness (QED) is 0.776. The Kier molecular flexibility index (Phi) is 3.99. The zero-order valence-corrected chi connectivity index (χ0v) is 11.3. The molecular formula is C13H22N2O4. The molecule has 19 heavy (non-hydrogen) atoms. The van der Waals surface area contributed by atoms with Crippen molar-refractivity contribution in [3.8, 4) is 0 Å². The van der Waals surface area contributed by atoms with Crippen LogP contribution in [0.25, 0.3) is 0 Å². The van der Waals surface area contributed by atoms with Crippen LogP contribution in [0.2, 0.25) is 0 Å². The lowest BCUT2D eigenvalue weighted by molar-refractivity contribution is -0.147. The Hall–Kier alpha value is -1.30. The van der Waals surface area contributed by atoms with Gasteiger partial charge in [-0.25, -0.2) is 9.59 Å². The molecule has 2 aliphatic heterocycles. The van der Waals surface area contributed by atoms with Gasteiger partial charge >= 0.3 is 12.0 Å². The smallest absolute Gasteiger partial charge is 0.329 e. The average Bonchev–Trinajstić information content (AvgIpc) is 2.81. The highest BCUT2D eigenvalue weighted by molar-refractivity contribution is 5.86. The van der Waals surface area contributed by atoms with Crippen LogP contribution in [0.5, 0.6) is 0 Å². The van der Waals surface area contributed by atoms with E-state index in [-0.39, 0.29) is 18.6 Å². The zero-order valence-electron chi connectivity index (χ0n) is 11.3. The van der Waals surface area contributed by atoms with Crippen molar-refractivity contribution in [2.24, 2.45) is 5.92 Å². The number of carbonyl (C=O) groups is 2. The maximum Gasteiger partial charge on any atom is 0.329 e. The van der Waals surface area contributed by atoms with Gasteiger partial charge in [0.2, 0.25) is 0 Å². The van der Waals surface area contributed by atoms with E-state index in [2.05, 4.69) is 0 Å². The molecule has 0 bridgehead atoms. The van der Waals surface area contributed by atoms with Gasteiger partial charge in [0.25, 0.3) is 0 Å². The number of hydrogen-bond acceptors (Lipinski definition) is 3. The molecule has 108 valence electrons.